The van der Waals surface area contributed by atoms with Gasteiger partial charge in [-0.3, -0.25) is 4.79 Å². The number of nitrogens with zero attached hydrogens (tertiary/aromatic N) is 2. The summed E-state index contributed by atoms with van der Waals surface area (Å²) in [5, 5.41) is 6.07. The molecule has 0 fully saturated rings. The van der Waals surface area contributed by atoms with Gasteiger partial charge in [0, 0.05) is 11.6 Å². The molecule has 0 bridgehead atoms. The molecule has 3 aromatic rings. The van der Waals surface area contributed by atoms with Gasteiger partial charge in [-0.15, -0.1) is 0 Å². The maximum absolute atomic E-state index is 11.6. The fourth-order valence-corrected chi connectivity index (χ4v) is 1.69. The average molecular weight is 198 g/mol. The van der Waals surface area contributed by atoms with Gasteiger partial charge in [-0.2, -0.15) is 0 Å². The lowest BCUT2D eigenvalue weighted by molar-refractivity contribution is 0.412. The minimum absolute atomic E-state index is 0.230. The summed E-state index contributed by atoms with van der Waals surface area (Å²) in [5.74, 6) is 0. The van der Waals surface area contributed by atoms with E-state index in [0.29, 0.717) is 10.9 Å². The van der Waals surface area contributed by atoms with Crippen LogP contribution in [0.2, 0.25) is 0 Å². The SMILES string of the molecule is O=c1nccc2ccc3noccc3c12. The third-order valence-electron chi connectivity index (χ3n) is 2.36. The van der Waals surface area contributed by atoms with E-state index in [9.17, 15) is 4.79 Å². The highest BCUT2D eigenvalue weighted by Gasteiger charge is 2.04. The van der Waals surface area contributed by atoms with Gasteiger partial charge in [0.25, 0.3) is 5.56 Å². The van der Waals surface area contributed by atoms with Gasteiger partial charge in [-0.25, -0.2) is 4.98 Å². The Morgan fingerprint density at radius 2 is 2.07 bits per heavy atom. The number of hydrogen-bond donors (Lipinski definition) is 0. The van der Waals surface area contributed by atoms with Crippen molar-refractivity contribution in [1.82, 2.24) is 10.1 Å². The highest BCUT2D eigenvalue weighted by Crippen LogP contribution is 2.19. The molecule has 0 amide bonds. The number of rotatable bonds is 0. The minimum atomic E-state index is -0.230. The van der Waals surface area contributed by atoms with E-state index in [0.717, 1.165) is 10.8 Å². The van der Waals surface area contributed by atoms with Crippen molar-refractivity contribution in [2.24, 2.45) is 0 Å². The summed E-state index contributed by atoms with van der Waals surface area (Å²) in [6.07, 6.45) is 2.96. The van der Waals surface area contributed by atoms with Gasteiger partial charge in [0.1, 0.15) is 11.8 Å². The molecule has 4 heteroatoms. The normalized spacial score (nSPS) is 10.9. The van der Waals surface area contributed by atoms with E-state index < -0.39 is 0 Å². The van der Waals surface area contributed by atoms with Crippen LogP contribution in [0, 0.1) is 0 Å². The standard InChI is InChI=1S/C11H6N2O2/c14-11-10-7(3-5-12-11)1-2-9-8(10)4-6-15-13-9/h1-6H. The second-order valence-electron chi connectivity index (χ2n) is 3.21. The zero-order valence-corrected chi connectivity index (χ0v) is 7.68. The predicted molar refractivity (Wildman–Crippen MR) is 55.6 cm³/mol. The van der Waals surface area contributed by atoms with E-state index in [1.807, 2.05) is 12.1 Å². The smallest absolute Gasteiger partial charge is 0.278 e. The van der Waals surface area contributed by atoms with Crippen LogP contribution in [0.25, 0.3) is 21.7 Å². The molecule has 15 heavy (non-hydrogen) atoms. The lowest BCUT2D eigenvalue weighted by atomic mass is 10.1. The van der Waals surface area contributed by atoms with Crippen molar-refractivity contribution in [3.05, 3.63) is 47.1 Å². The molecular formula is C11H6N2O2. The molecule has 0 N–H and O–H groups in total. The van der Waals surface area contributed by atoms with Crippen LogP contribution in [0.5, 0.6) is 0 Å². The first-order chi connectivity index (χ1) is 7.36. The van der Waals surface area contributed by atoms with E-state index in [-0.39, 0.29) is 5.56 Å². The average Bonchev–Trinajstić information content (AvgIpc) is 2.29. The van der Waals surface area contributed by atoms with Crippen LogP contribution in [0.4, 0.5) is 0 Å². The highest BCUT2D eigenvalue weighted by atomic mass is 16.4. The zero-order chi connectivity index (χ0) is 10.3. The van der Waals surface area contributed by atoms with Crippen molar-refractivity contribution in [3.63, 3.8) is 0 Å². The Morgan fingerprint density at radius 1 is 1.13 bits per heavy atom. The van der Waals surface area contributed by atoms with Crippen LogP contribution in [-0.2, 0) is 0 Å². The van der Waals surface area contributed by atoms with Gasteiger partial charge in [-0.05, 0) is 23.6 Å². The summed E-state index contributed by atoms with van der Waals surface area (Å²) >= 11 is 0. The van der Waals surface area contributed by atoms with E-state index in [1.165, 1.54) is 12.5 Å². The molecule has 0 aliphatic heterocycles. The van der Waals surface area contributed by atoms with Crippen LogP contribution in [0.1, 0.15) is 0 Å². The third kappa shape index (κ3) is 1.11. The van der Waals surface area contributed by atoms with E-state index in [4.69, 9.17) is 4.52 Å². The molecule has 72 valence electrons. The molecule has 0 atom stereocenters. The fourth-order valence-electron chi connectivity index (χ4n) is 1.69. The molecule has 0 spiro atoms. The summed E-state index contributed by atoms with van der Waals surface area (Å²) in [6.45, 7) is 0. The monoisotopic (exact) mass is 198 g/mol. The van der Waals surface area contributed by atoms with E-state index >= 15 is 0 Å². The van der Waals surface area contributed by atoms with Gasteiger partial charge in [0.2, 0.25) is 0 Å². The largest absolute Gasteiger partial charge is 0.364 e. The lowest BCUT2D eigenvalue weighted by Gasteiger charge is -1.99. The van der Waals surface area contributed by atoms with Crippen molar-refractivity contribution in [3.8, 4) is 0 Å². The first-order valence-corrected chi connectivity index (χ1v) is 4.48. The molecule has 0 unspecified atom stereocenters. The second-order valence-corrected chi connectivity index (χ2v) is 3.21. The fraction of sp³-hybridized carbons (Fsp3) is 0. The Morgan fingerprint density at radius 3 is 3.00 bits per heavy atom. The molecule has 0 aliphatic carbocycles. The quantitative estimate of drug-likeness (QED) is 0.516. The molecule has 0 saturated carbocycles. The maximum atomic E-state index is 11.6. The van der Waals surface area contributed by atoms with Crippen molar-refractivity contribution in [2.75, 3.05) is 0 Å². The number of pyridine rings is 1. The van der Waals surface area contributed by atoms with Crippen LogP contribution in [0.15, 0.2) is 46.0 Å². The van der Waals surface area contributed by atoms with Crippen molar-refractivity contribution < 1.29 is 4.52 Å². The topological polar surface area (TPSA) is 56.0 Å². The molecule has 0 aliphatic rings. The van der Waals surface area contributed by atoms with Gasteiger partial charge in [0.15, 0.2) is 0 Å². The first-order valence-electron chi connectivity index (χ1n) is 4.48. The molecule has 2 heterocycles. The number of aromatic nitrogens is 2. The Hall–Kier alpha value is -2.23. The Labute approximate surface area is 84.2 Å². The predicted octanol–water partition coefficient (Wildman–Crippen LogP) is 1.74. The van der Waals surface area contributed by atoms with Gasteiger partial charge in [0.05, 0.1) is 5.39 Å². The summed E-state index contributed by atoms with van der Waals surface area (Å²) in [6, 6.07) is 7.19. The molecule has 4 nitrogen and oxygen atoms in total. The van der Waals surface area contributed by atoms with Crippen LogP contribution >= 0.6 is 0 Å². The Kier molecular flexibility index (Phi) is 1.56. The third-order valence-corrected chi connectivity index (χ3v) is 2.36. The van der Waals surface area contributed by atoms with Gasteiger partial charge >= 0.3 is 0 Å². The Balaban J connectivity index is 2.70. The molecule has 0 saturated heterocycles. The highest BCUT2D eigenvalue weighted by molar-refractivity contribution is 6.05. The van der Waals surface area contributed by atoms with Crippen LogP contribution in [-0.4, -0.2) is 10.1 Å². The minimum Gasteiger partial charge on any atom is -0.364 e. The first kappa shape index (κ1) is 8.11. The van der Waals surface area contributed by atoms with Crippen LogP contribution < -0.4 is 5.56 Å². The van der Waals surface area contributed by atoms with E-state index in [2.05, 4.69) is 10.1 Å². The number of benzene rings is 1. The molecular weight excluding hydrogens is 192 g/mol. The van der Waals surface area contributed by atoms with Crippen molar-refractivity contribution in [2.45, 2.75) is 0 Å². The summed E-state index contributed by atoms with van der Waals surface area (Å²) in [4.78, 5) is 15.4. The molecule has 1 aromatic carbocycles. The summed E-state index contributed by atoms with van der Waals surface area (Å²) in [7, 11) is 0. The van der Waals surface area contributed by atoms with E-state index in [1.54, 1.807) is 12.1 Å². The van der Waals surface area contributed by atoms with Gasteiger partial charge in [-0.1, -0.05) is 11.2 Å². The second kappa shape index (κ2) is 2.88. The van der Waals surface area contributed by atoms with Crippen molar-refractivity contribution >= 4 is 21.7 Å². The Bertz CT molecular complexity index is 703. The maximum Gasteiger partial charge on any atom is 0.278 e. The molecule has 3 rings (SSSR count). The molecule has 0 radical (unpaired) electrons. The summed E-state index contributed by atoms with van der Waals surface area (Å²) < 4.78 is 4.81. The lowest BCUT2D eigenvalue weighted by Crippen LogP contribution is -2.04. The summed E-state index contributed by atoms with van der Waals surface area (Å²) in [5.41, 5.74) is 0.432. The number of hydrogen-bond acceptors (Lipinski definition) is 4. The number of fused-ring (bicyclic) bond motifs is 3. The van der Waals surface area contributed by atoms with Crippen LogP contribution in [0.3, 0.4) is 0 Å². The van der Waals surface area contributed by atoms with Gasteiger partial charge < -0.3 is 4.52 Å². The zero-order valence-electron chi connectivity index (χ0n) is 7.68. The molecule has 2 aromatic heterocycles. The van der Waals surface area contributed by atoms with Crippen molar-refractivity contribution in [1.29, 1.82) is 0 Å².